The van der Waals surface area contributed by atoms with Gasteiger partial charge in [0.25, 0.3) is 23.6 Å². The third kappa shape index (κ3) is 20.4. The third-order valence-electron chi connectivity index (χ3n) is 28.9. The highest BCUT2D eigenvalue weighted by Gasteiger charge is 2.50. The van der Waals surface area contributed by atoms with E-state index in [0.717, 1.165) is 131 Å². The SMILES string of the molecule is C=CC(=C)N1CCC(C2CCNc3c(C(N)=O)c(-c4cc(F)c(Cl)c(OCC)c4)nn32)CC1.C=CC(=O)N1CCC(C2CCNc3c(C(N)=O)c(-c4cc(OC)c(C5CC5(C)C)c(OC)c4)nn32)CC1.C=CC(=O)N1CCC(C2CCNc3c(C(N)=O)c(-c4cc(OC)c(F)c(OC)c4)nn32)CC1.[2H]/C(C)=C(/[2H])C(=O)N1CCC(C2CCNc3c(C(N)=O)c(-c4cc(OC)c(C5CC5)c(OC([2H])([2H])[2H])c4)nn32)CC1. The normalized spacial score (nSPS) is 20.7. The van der Waals surface area contributed by atoms with E-state index in [1.165, 1.54) is 58.6 Å². The lowest BCUT2D eigenvalue weighted by molar-refractivity contribution is -0.128. The van der Waals surface area contributed by atoms with Gasteiger partial charge in [-0.05, 0) is 224 Å². The number of amides is 7. The average molecular weight is 1940 g/mol. The van der Waals surface area contributed by atoms with E-state index in [0.29, 0.717) is 176 Å². The van der Waals surface area contributed by atoms with E-state index >= 15 is 0 Å². The van der Waals surface area contributed by atoms with Crippen molar-refractivity contribution in [3.8, 4) is 85.3 Å². The molecule has 4 saturated heterocycles. The van der Waals surface area contributed by atoms with E-state index in [1.807, 2.05) is 31.1 Å². The van der Waals surface area contributed by atoms with Gasteiger partial charge in [-0.2, -0.15) is 24.8 Å². The van der Waals surface area contributed by atoms with Gasteiger partial charge in [-0.15, -0.1) is 0 Å². The summed E-state index contributed by atoms with van der Waals surface area (Å²) in [7, 11) is 4.87. The number of hydrogen-bond acceptors (Lipinski definition) is 23. The Labute approximate surface area is 820 Å². The second-order valence-electron chi connectivity index (χ2n) is 37.3. The lowest BCUT2D eigenvalue weighted by Crippen LogP contribution is -2.41. The molecule has 6 fully saturated rings. The minimum absolute atomic E-state index is 0.0190. The molecule has 12 N–H and O–H groups in total. The van der Waals surface area contributed by atoms with Crippen molar-refractivity contribution in [3.63, 3.8) is 0 Å². The van der Waals surface area contributed by atoms with Crippen molar-refractivity contribution in [2.24, 2.45) is 52.0 Å². The molecule has 139 heavy (non-hydrogen) atoms. The summed E-state index contributed by atoms with van der Waals surface area (Å²) in [4.78, 5) is 94.5. The Kier molecular flexibility index (Phi) is 28.7. The second-order valence-corrected chi connectivity index (χ2v) is 37.7. The van der Waals surface area contributed by atoms with Crippen molar-refractivity contribution in [3.05, 3.63) is 161 Å². The predicted octanol–water partition coefficient (Wildman–Crippen LogP) is 14.9. The minimum atomic E-state index is -2.67. The number of methoxy groups -OCH3 is 6. The molecule has 8 aromatic rings. The molecule has 0 spiro atoms. The zero-order valence-electron chi connectivity index (χ0n) is 85.3. The van der Waals surface area contributed by atoms with Crippen LogP contribution in [-0.4, -0.2) is 228 Å². The van der Waals surface area contributed by atoms with Crippen molar-refractivity contribution in [1.29, 1.82) is 0 Å². The van der Waals surface area contributed by atoms with Gasteiger partial charge in [0.15, 0.2) is 11.5 Å². The highest BCUT2D eigenvalue weighted by molar-refractivity contribution is 6.32. The van der Waals surface area contributed by atoms with Gasteiger partial charge in [0, 0.05) is 118 Å². The molecule has 34 nitrogen and oxygen atoms in total. The molecule has 742 valence electrons. The zero-order valence-corrected chi connectivity index (χ0v) is 81.0. The van der Waals surface area contributed by atoms with Crippen molar-refractivity contribution in [2.45, 2.75) is 160 Å². The number of benzene rings is 4. The van der Waals surface area contributed by atoms with Gasteiger partial charge in [-0.3, -0.25) is 33.6 Å². The molecule has 5 unspecified atom stereocenters. The maximum Gasteiger partial charge on any atom is 0.254 e. The number of rotatable bonds is 27. The molecule has 5 atom stereocenters. The number of nitrogens with zero attached hydrogens (tertiary/aromatic N) is 12. The summed E-state index contributed by atoms with van der Waals surface area (Å²) in [5, 5.41) is 32.5. The fourth-order valence-corrected chi connectivity index (χ4v) is 21.6. The number of likely N-dealkylation sites (tertiary alicyclic amines) is 4. The van der Waals surface area contributed by atoms with Crippen LogP contribution in [0.3, 0.4) is 0 Å². The lowest BCUT2D eigenvalue weighted by atomic mass is 9.86. The van der Waals surface area contributed by atoms with Crippen molar-refractivity contribution < 1.29 is 82.4 Å². The molecule has 2 aliphatic carbocycles. The number of fused-ring (bicyclic) bond motifs is 4. The number of aromatic nitrogens is 8. The first kappa shape index (κ1) is 93.1. The molecule has 4 aromatic heterocycles. The Balaban J connectivity index is 0.000000145. The zero-order chi connectivity index (χ0) is 104. The number of nitrogens with one attached hydrogen (secondary N) is 4. The van der Waals surface area contributed by atoms with E-state index in [1.54, 1.807) is 59.9 Å². The molecule has 4 aromatic carbocycles. The number of primary amides is 4. The summed E-state index contributed by atoms with van der Waals surface area (Å²) in [5.41, 5.74) is 30.9. The molecular weight excluding hydrogens is 1800 g/mol. The van der Waals surface area contributed by atoms with Crippen LogP contribution in [0.25, 0.3) is 45.0 Å². The predicted molar refractivity (Wildman–Crippen MR) is 529 cm³/mol. The Hall–Kier alpha value is -13.5. The summed E-state index contributed by atoms with van der Waals surface area (Å²) in [6.07, 6.45) is 17.4. The number of piperidine rings is 4. The molecule has 12 heterocycles. The maximum absolute atomic E-state index is 14.6. The summed E-state index contributed by atoms with van der Waals surface area (Å²) >= 11 is 6.06. The van der Waals surface area contributed by atoms with Crippen LogP contribution in [0.2, 0.25) is 5.02 Å². The molecule has 0 bridgehead atoms. The van der Waals surface area contributed by atoms with Crippen LogP contribution in [0.15, 0.2) is 111 Å². The minimum Gasteiger partial charge on any atom is -0.496 e. The van der Waals surface area contributed by atoms with Crippen LogP contribution in [0.5, 0.6) is 40.2 Å². The summed E-state index contributed by atoms with van der Waals surface area (Å²) < 4.78 is 114. The molecular formula is C102H129ClF2N20O14. The number of ether oxygens (including phenoxy) is 7. The van der Waals surface area contributed by atoms with E-state index < -0.39 is 48.2 Å². The fourth-order valence-electron chi connectivity index (χ4n) is 21.5. The van der Waals surface area contributed by atoms with Crippen LogP contribution in [0, 0.1) is 40.7 Å². The van der Waals surface area contributed by atoms with Crippen LogP contribution in [-0.2, 0) is 14.4 Å². The van der Waals surface area contributed by atoms with Gasteiger partial charge in [-0.1, -0.05) is 57.8 Å². The number of hydrogen-bond donors (Lipinski definition) is 8. The van der Waals surface area contributed by atoms with Gasteiger partial charge < -0.3 is 97.0 Å². The van der Waals surface area contributed by atoms with Crippen LogP contribution in [0.4, 0.5) is 32.1 Å². The first-order chi connectivity index (χ1) is 68.8. The molecule has 10 aliphatic rings. The standard InChI is InChI=1S/C28H37N5O4.C27H35N5O4.C24H29ClFN5O2.C23H28FN5O4/c1-6-22(34)32-11-8-16(9-12-32)19-7-10-30-27-24(26(29)35)25(31-33(19)27)17-13-20(36-4)23(21(14-17)37-5)18-15-28(18,2)3;1-4-5-22(33)31-12-9-16(10-13-31)19-8-11-29-27-24(26(28)34)25(30-32(19)27)18-14-20(35-2)23(17-6-7-17)21(15-18)36-3;1-4-14(3)30-10-7-15(8-11-30)18-6-9-28-24-20(23(27)32)22(29-31(18)24)16-12-17(26)21(25)19(13-16)33-5-2;1-4-18(30)28-9-6-13(7-10-28)15-5-8-26-23-19(22(25)31)21(27-29(15)23)14-11-16(32-2)20(24)17(12-14)33-3/h6,13-14,16,18-19,30H,1,7-12,15H2,2-5H3,(H2,29,35);4-5,14-17,19,29H,6-13H2,1-3H3,(H2,28,34);4,12-13,15,18,28H,1,3,5-11H2,2H3,(H2,27,32);4,11-13,15,26H,1,5-10H2,2-3H3,(H2,25,31)/b;5-4+;;/i;2D3,4D,5D;;. The molecule has 2 saturated carbocycles. The lowest BCUT2D eigenvalue weighted by Gasteiger charge is -2.39. The second kappa shape index (κ2) is 42.8. The Morgan fingerprint density at radius 2 is 0.763 bits per heavy atom. The van der Waals surface area contributed by atoms with Crippen molar-refractivity contribution in [2.75, 3.05) is 149 Å². The molecule has 0 radical (unpaired) electrons. The van der Waals surface area contributed by atoms with Crippen LogP contribution in [0.1, 0.15) is 219 Å². The topological polar surface area (TPSA) is 421 Å². The van der Waals surface area contributed by atoms with E-state index in [9.17, 15) is 42.3 Å². The largest absolute Gasteiger partial charge is 0.496 e. The fraction of sp³-hybridized carbons (Fsp3) is 0.480. The maximum atomic E-state index is 14.6. The molecule has 18 rings (SSSR count). The van der Waals surface area contributed by atoms with E-state index in [2.05, 4.69) is 66.3 Å². The monoisotopic (exact) mass is 1940 g/mol. The molecule has 37 heteroatoms. The molecule has 8 aliphatic heterocycles. The average Bonchev–Trinajstić information content (AvgIpc) is 1.57. The first-order valence-electron chi connectivity index (χ1n) is 50.0. The summed E-state index contributed by atoms with van der Waals surface area (Å²) in [6, 6.07) is 12.9. The third-order valence-corrected chi connectivity index (χ3v) is 29.3. The van der Waals surface area contributed by atoms with Gasteiger partial charge in [0.05, 0.1) is 80.2 Å². The van der Waals surface area contributed by atoms with Gasteiger partial charge in [0.2, 0.25) is 23.5 Å². The Bertz CT molecular complexity index is 6260. The first-order valence-corrected chi connectivity index (χ1v) is 47.9. The van der Waals surface area contributed by atoms with Gasteiger partial charge in [-0.25, -0.2) is 23.1 Å². The number of carbonyl (C=O) groups excluding carboxylic acids is 7. The van der Waals surface area contributed by atoms with Crippen molar-refractivity contribution in [1.82, 2.24) is 58.7 Å². The number of anilines is 4. The van der Waals surface area contributed by atoms with Crippen LogP contribution < -0.4 is 77.4 Å². The Morgan fingerprint density at radius 3 is 1.05 bits per heavy atom. The number of halogens is 3. The summed E-state index contributed by atoms with van der Waals surface area (Å²) in [5.74, 6) is 1.99. The number of allylic oxidation sites excluding steroid dienone is 2. The van der Waals surface area contributed by atoms with Crippen LogP contribution >= 0.6 is 11.6 Å². The summed E-state index contributed by atoms with van der Waals surface area (Å²) in [6.45, 7) is 31.2. The number of nitrogens with two attached hydrogens (primary N) is 4. The quantitative estimate of drug-likeness (QED) is 0.0175. The van der Waals surface area contributed by atoms with E-state index in [4.69, 9.17) is 94.9 Å². The number of carbonyl (C=O) groups is 7. The molecule has 7 amide bonds. The van der Waals surface area contributed by atoms with E-state index in [-0.39, 0.29) is 116 Å². The van der Waals surface area contributed by atoms with Crippen molar-refractivity contribution >= 4 is 76.2 Å². The smallest absolute Gasteiger partial charge is 0.254 e. The van der Waals surface area contributed by atoms with Gasteiger partial charge >= 0.3 is 0 Å². The highest BCUT2D eigenvalue weighted by atomic mass is 35.5. The van der Waals surface area contributed by atoms with Gasteiger partial charge in [0.1, 0.15) is 108 Å². The Morgan fingerprint density at radius 1 is 0.460 bits per heavy atom. The highest BCUT2D eigenvalue weighted by Crippen LogP contribution is 2.63.